The van der Waals surface area contributed by atoms with Crippen LogP contribution in [0.4, 0.5) is 5.69 Å². The number of nitrogens with zero attached hydrogens (tertiary/aromatic N) is 2. The van der Waals surface area contributed by atoms with Gasteiger partial charge in [0.2, 0.25) is 5.91 Å². The van der Waals surface area contributed by atoms with Crippen LogP contribution in [0, 0.1) is 5.92 Å². The van der Waals surface area contributed by atoms with Crippen LogP contribution < -0.4 is 5.32 Å². The highest BCUT2D eigenvalue weighted by Gasteiger charge is 2.19. The highest BCUT2D eigenvalue weighted by atomic mass is 35.5. The Morgan fingerprint density at radius 3 is 2.47 bits per heavy atom. The molecule has 1 aromatic heterocycles. The summed E-state index contributed by atoms with van der Waals surface area (Å²) in [5, 5.41) is 3.02. The van der Waals surface area contributed by atoms with Gasteiger partial charge in [0.15, 0.2) is 10.3 Å². The van der Waals surface area contributed by atoms with Gasteiger partial charge in [-0.1, -0.05) is 36.0 Å². The third-order valence-corrected chi connectivity index (χ3v) is 3.54. The minimum atomic E-state index is -0.0736. The molecule has 0 unspecified atom stereocenters. The molecule has 0 radical (unpaired) electrons. The Hall–Kier alpha value is -0.870. The predicted octanol–water partition coefficient (Wildman–Crippen LogP) is 3.30. The molecule has 1 amide bonds. The van der Waals surface area contributed by atoms with Crippen LogP contribution in [0.3, 0.4) is 0 Å². The lowest BCUT2D eigenvalue weighted by atomic mass is 10.0. The highest BCUT2D eigenvalue weighted by molar-refractivity contribution is 6.38. The summed E-state index contributed by atoms with van der Waals surface area (Å²) in [6.45, 7) is 0. The Balaban J connectivity index is 1.97. The van der Waals surface area contributed by atoms with Crippen LogP contribution in [0.25, 0.3) is 0 Å². The van der Waals surface area contributed by atoms with Gasteiger partial charge in [-0.25, -0.2) is 9.97 Å². The maximum Gasteiger partial charge on any atom is 0.224 e. The lowest BCUT2D eigenvalue weighted by Gasteiger charge is -2.10. The number of nitrogens with one attached hydrogen (secondary N) is 1. The molecule has 4 nitrogen and oxygen atoms in total. The Kier molecular flexibility index (Phi) is 4.18. The smallest absolute Gasteiger partial charge is 0.224 e. The summed E-state index contributed by atoms with van der Waals surface area (Å²) in [5.74, 6) is 0.410. The van der Waals surface area contributed by atoms with Gasteiger partial charge >= 0.3 is 0 Å². The number of hydrogen-bond donors (Lipinski definition) is 1. The van der Waals surface area contributed by atoms with E-state index in [0.717, 1.165) is 12.8 Å². The molecule has 92 valence electrons. The average Bonchev–Trinajstić information content (AvgIpc) is 2.76. The Morgan fingerprint density at radius 1 is 1.29 bits per heavy atom. The molecule has 1 fully saturated rings. The maximum absolute atomic E-state index is 11.8. The van der Waals surface area contributed by atoms with Crippen LogP contribution in [0.5, 0.6) is 0 Å². The van der Waals surface area contributed by atoms with E-state index in [1.807, 2.05) is 0 Å². The fraction of sp³-hybridized carbons (Fsp3) is 0.545. The monoisotopic (exact) mass is 273 g/mol. The van der Waals surface area contributed by atoms with Gasteiger partial charge in [-0.2, -0.15) is 0 Å². The van der Waals surface area contributed by atoms with E-state index in [9.17, 15) is 4.79 Å². The molecule has 1 heterocycles. The molecule has 1 aromatic rings. The maximum atomic E-state index is 11.8. The summed E-state index contributed by atoms with van der Waals surface area (Å²) in [4.78, 5) is 19.3. The van der Waals surface area contributed by atoms with Crippen LogP contribution >= 0.6 is 23.2 Å². The number of hydrogen-bond acceptors (Lipinski definition) is 3. The molecule has 0 saturated heterocycles. The summed E-state index contributed by atoms with van der Waals surface area (Å²) in [6.07, 6.45) is 6.46. The average molecular weight is 274 g/mol. The van der Waals surface area contributed by atoms with E-state index >= 15 is 0 Å². The van der Waals surface area contributed by atoms with Gasteiger partial charge < -0.3 is 5.32 Å². The minimum Gasteiger partial charge on any atom is -0.321 e. The van der Waals surface area contributed by atoms with Crippen LogP contribution in [0.2, 0.25) is 10.3 Å². The SMILES string of the molecule is O=C(CC1CCCC1)Nc1c(Cl)ncnc1Cl. The van der Waals surface area contributed by atoms with Crippen molar-refractivity contribution >= 4 is 34.8 Å². The number of anilines is 1. The second kappa shape index (κ2) is 5.65. The normalized spacial score (nSPS) is 16.1. The van der Waals surface area contributed by atoms with Gasteiger partial charge in [-0.05, 0) is 18.8 Å². The van der Waals surface area contributed by atoms with E-state index in [1.165, 1.54) is 19.2 Å². The first kappa shape index (κ1) is 12.6. The summed E-state index contributed by atoms with van der Waals surface area (Å²) in [7, 11) is 0. The molecule has 2 rings (SSSR count). The van der Waals surface area contributed by atoms with E-state index < -0.39 is 0 Å². The van der Waals surface area contributed by atoms with Crippen LogP contribution in [-0.4, -0.2) is 15.9 Å². The molecule has 0 bridgehead atoms. The number of rotatable bonds is 3. The largest absolute Gasteiger partial charge is 0.321 e. The molecule has 1 N–H and O–H groups in total. The lowest BCUT2D eigenvalue weighted by Crippen LogP contribution is -2.16. The second-order valence-electron chi connectivity index (χ2n) is 4.23. The summed E-state index contributed by atoms with van der Waals surface area (Å²) < 4.78 is 0. The van der Waals surface area contributed by atoms with Crippen LogP contribution in [-0.2, 0) is 4.79 Å². The minimum absolute atomic E-state index is 0.0736. The van der Waals surface area contributed by atoms with Gasteiger partial charge in [0.05, 0.1) is 0 Å². The number of carbonyl (C=O) groups excluding carboxylic acids is 1. The Labute approximate surface area is 110 Å². The van der Waals surface area contributed by atoms with Crippen LogP contribution in [0.1, 0.15) is 32.1 Å². The van der Waals surface area contributed by atoms with Crippen molar-refractivity contribution in [3.05, 3.63) is 16.6 Å². The Bertz CT molecular complexity index is 399. The third kappa shape index (κ3) is 3.30. The first-order valence-corrected chi connectivity index (χ1v) is 6.38. The molecular weight excluding hydrogens is 261 g/mol. The van der Waals surface area contributed by atoms with Crippen molar-refractivity contribution in [1.82, 2.24) is 9.97 Å². The number of aromatic nitrogens is 2. The van der Waals surface area contributed by atoms with Crippen molar-refractivity contribution < 1.29 is 4.79 Å². The van der Waals surface area contributed by atoms with Crippen molar-refractivity contribution in [2.45, 2.75) is 32.1 Å². The molecule has 0 atom stereocenters. The topological polar surface area (TPSA) is 54.9 Å². The molecule has 1 saturated carbocycles. The van der Waals surface area contributed by atoms with Crippen molar-refractivity contribution in [2.75, 3.05) is 5.32 Å². The van der Waals surface area contributed by atoms with Gasteiger partial charge in [-0.15, -0.1) is 0 Å². The zero-order valence-corrected chi connectivity index (χ0v) is 10.8. The zero-order chi connectivity index (χ0) is 12.3. The van der Waals surface area contributed by atoms with Crippen molar-refractivity contribution in [3.63, 3.8) is 0 Å². The fourth-order valence-corrected chi connectivity index (χ4v) is 2.52. The first-order chi connectivity index (χ1) is 8.16. The molecular formula is C11H13Cl2N3O. The van der Waals surface area contributed by atoms with E-state index in [1.54, 1.807) is 0 Å². The number of amides is 1. The van der Waals surface area contributed by atoms with Crippen LogP contribution in [0.15, 0.2) is 6.33 Å². The summed E-state index contributed by atoms with van der Waals surface area (Å²) in [6, 6.07) is 0. The third-order valence-electron chi connectivity index (χ3n) is 2.97. The molecule has 0 aliphatic heterocycles. The molecule has 1 aliphatic carbocycles. The van der Waals surface area contributed by atoms with Crippen molar-refractivity contribution in [1.29, 1.82) is 0 Å². The van der Waals surface area contributed by atoms with Gasteiger partial charge in [0, 0.05) is 6.42 Å². The number of carbonyl (C=O) groups is 1. The van der Waals surface area contributed by atoms with E-state index in [-0.39, 0.29) is 16.2 Å². The van der Waals surface area contributed by atoms with E-state index in [4.69, 9.17) is 23.2 Å². The van der Waals surface area contributed by atoms with Crippen molar-refractivity contribution in [3.8, 4) is 0 Å². The highest BCUT2D eigenvalue weighted by Crippen LogP contribution is 2.29. The lowest BCUT2D eigenvalue weighted by molar-refractivity contribution is -0.117. The molecule has 0 spiro atoms. The molecule has 1 aliphatic rings. The standard InChI is InChI=1S/C11H13Cl2N3O/c12-10-9(11(13)15-6-14-10)16-8(17)5-7-3-1-2-4-7/h6-7H,1-5H2,(H,16,17). The van der Waals surface area contributed by atoms with Crippen molar-refractivity contribution in [2.24, 2.45) is 5.92 Å². The van der Waals surface area contributed by atoms with Gasteiger partial charge in [0.25, 0.3) is 0 Å². The van der Waals surface area contributed by atoms with Gasteiger partial charge in [0.1, 0.15) is 12.0 Å². The van der Waals surface area contributed by atoms with Gasteiger partial charge in [-0.3, -0.25) is 4.79 Å². The predicted molar refractivity (Wildman–Crippen MR) is 67.3 cm³/mol. The second-order valence-corrected chi connectivity index (χ2v) is 4.95. The zero-order valence-electron chi connectivity index (χ0n) is 9.25. The van der Waals surface area contributed by atoms with E-state index in [2.05, 4.69) is 15.3 Å². The fourth-order valence-electron chi connectivity index (χ4n) is 2.11. The first-order valence-electron chi connectivity index (χ1n) is 5.62. The Morgan fingerprint density at radius 2 is 1.88 bits per heavy atom. The van der Waals surface area contributed by atoms with E-state index in [0.29, 0.717) is 18.0 Å². The number of halogens is 2. The summed E-state index contributed by atoms with van der Waals surface area (Å²) >= 11 is 11.7. The quantitative estimate of drug-likeness (QED) is 0.860. The molecule has 17 heavy (non-hydrogen) atoms. The summed E-state index contributed by atoms with van der Waals surface area (Å²) in [5.41, 5.74) is 0.304. The molecule has 6 heteroatoms. The molecule has 0 aromatic carbocycles.